The van der Waals surface area contributed by atoms with Crippen molar-refractivity contribution in [1.29, 1.82) is 0 Å². The number of aryl methyl sites for hydroxylation is 2. The molecule has 0 amide bonds. The molecule has 0 aliphatic heterocycles. The van der Waals surface area contributed by atoms with Gasteiger partial charge in [0.2, 0.25) is 0 Å². The summed E-state index contributed by atoms with van der Waals surface area (Å²) in [5.41, 5.74) is 1.45. The van der Waals surface area contributed by atoms with Crippen molar-refractivity contribution in [3.8, 4) is 5.82 Å². The number of rotatable bonds is 1. The summed E-state index contributed by atoms with van der Waals surface area (Å²) in [7, 11) is 0. The van der Waals surface area contributed by atoms with Crippen LogP contribution in [0.25, 0.3) is 16.0 Å². The molecule has 0 radical (unpaired) electrons. The van der Waals surface area contributed by atoms with Crippen molar-refractivity contribution in [2.45, 2.75) is 19.3 Å². The SMILES string of the molecule is c1cn(-c2ncnc3sc4c(c23)CCC4)cn1. The van der Waals surface area contributed by atoms with Crippen LogP contribution in [0.4, 0.5) is 0 Å². The number of hydrogen-bond acceptors (Lipinski definition) is 4. The number of aromatic nitrogens is 4. The van der Waals surface area contributed by atoms with Gasteiger partial charge in [-0.25, -0.2) is 15.0 Å². The Bertz CT molecular complexity index is 684. The Morgan fingerprint density at radius 2 is 2.24 bits per heavy atom. The van der Waals surface area contributed by atoms with Crippen LogP contribution in [0.15, 0.2) is 25.0 Å². The number of nitrogens with zero attached hydrogens (tertiary/aromatic N) is 4. The zero-order valence-electron chi connectivity index (χ0n) is 9.13. The molecular formula is C12H10N4S. The fourth-order valence-corrected chi connectivity index (χ4v) is 3.72. The molecule has 3 heterocycles. The Labute approximate surface area is 102 Å². The van der Waals surface area contributed by atoms with Crippen molar-refractivity contribution in [1.82, 2.24) is 19.5 Å². The molecular weight excluding hydrogens is 232 g/mol. The Kier molecular flexibility index (Phi) is 1.84. The normalized spacial score (nSPS) is 14.4. The van der Waals surface area contributed by atoms with Gasteiger partial charge in [0, 0.05) is 17.3 Å². The number of thiophene rings is 1. The number of fused-ring (bicyclic) bond motifs is 3. The Balaban J connectivity index is 2.10. The molecule has 0 atom stereocenters. The first-order valence-electron chi connectivity index (χ1n) is 5.67. The second kappa shape index (κ2) is 3.37. The van der Waals surface area contributed by atoms with E-state index in [0.29, 0.717) is 0 Å². The molecule has 5 heteroatoms. The second-order valence-electron chi connectivity index (χ2n) is 4.20. The van der Waals surface area contributed by atoms with Gasteiger partial charge in [-0.1, -0.05) is 0 Å². The maximum atomic E-state index is 4.42. The second-order valence-corrected chi connectivity index (χ2v) is 5.29. The van der Waals surface area contributed by atoms with Crippen molar-refractivity contribution in [2.75, 3.05) is 0 Å². The zero-order valence-corrected chi connectivity index (χ0v) is 9.94. The topological polar surface area (TPSA) is 43.6 Å². The lowest BCUT2D eigenvalue weighted by Gasteiger charge is -2.03. The highest BCUT2D eigenvalue weighted by Gasteiger charge is 2.21. The summed E-state index contributed by atoms with van der Waals surface area (Å²) in [6.07, 6.45) is 10.8. The van der Waals surface area contributed by atoms with E-state index >= 15 is 0 Å². The van der Waals surface area contributed by atoms with Crippen LogP contribution in [-0.4, -0.2) is 19.5 Å². The summed E-state index contributed by atoms with van der Waals surface area (Å²) in [5, 5.41) is 1.23. The van der Waals surface area contributed by atoms with Crippen LogP contribution in [0.2, 0.25) is 0 Å². The van der Waals surface area contributed by atoms with E-state index in [4.69, 9.17) is 0 Å². The van der Waals surface area contributed by atoms with Crippen LogP contribution < -0.4 is 0 Å². The average molecular weight is 242 g/mol. The van der Waals surface area contributed by atoms with Crippen molar-refractivity contribution < 1.29 is 0 Å². The van der Waals surface area contributed by atoms with Gasteiger partial charge in [-0.15, -0.1) is 11.3 Å². The van der Waals surface area contributed by atoms with Gasteiger partial charge in [-0.05, 0) is 24.8 Å². The van der Waals surface area contributed by atoms with Gasteiger partial charge < -0.3 is 0 Å². The minimum atomic E-state index is 0.965. The highest BCUT2D eigenvalue weighted by atomic mass is 32.1. The first-order chi connectivity index (χ1) is 8.43. The quantitative estimate of drug-likeness (QED) is 0.658. The lowest BCUT2D eigenvalue weighted by Crippen LogP contribution is -1.96. The minimum Gasteiger partial charge on any atom is -0.290 e. The van der Waals surface area contributed by atoms with E-state index < -0.39 is 0 Å². The van der Waals surface area contributed by atoms with Gasteiger partial charge in [0.05, 0.1) is 5.39 Å². The van der Waals surface area contributed by atoms with Crippen LogP contribution in [0, 0.1) is 0 Å². The van der Waals surface area contributed by atoms with E-state index in [-0.39, 0.29) is 0 Å². The summed E-state index contributed by atoms with van der Waals surface area (Å²) in [4.78, 5) is 15.5. The molecule has 0 bridgehead atoms. The standard InChI is InChI=1S/C12H10N4S/c1-2-8-9(3-1)17-12-10(8)11(14-6-15-12)16-5-4-13-7-16/h4-7H,1-3H2. The highest BCUT2D eigenvalue weighted by molar-refractivity contribution is 7.19. The van der Waals surface area contributed by atoms with Gasteiger partial charge >= 0.3 is 0 Å². The maximum Gasteiger partial charge on any atom is 0.150 e. The lowest BCUT2D eigenvalue weighted by atomic mass is 10.2. The first kappa shape index (κ1) is 9.30. The molecule has 0 aromatic carbocycles. The van der Waals surface area contributed by atoms with Crippen molar-refractivity contribution in [3.05, 3.63) is 35.5 Å². The van der Waals surface area contributed by atoms with Crippen LogP contribution in [-0.2, 0) is 12.8 Å². The highest BCUT2D eigenvalue weighted by Crippen LogP contribution is 2.38. The molecule has 0 saturated carbocycles. The number of imidazole rings is 1. The molecule has 4 nitrogen and oxygen atoms in total. The van der Waals surface area contributed by atoms with Crippen LogP contribution >= 0.6 is 11.3 Å². The van der Waals surface area contributed by atoms with Crippen molar-refractivity contribution in [2.24, 2.45) is 0 Å². The fourth-order valence-electron chi connectivity index (χ4n) is 2.49. The van der Waals surface area contributed by atoms with Crippen molar-refractivity contribution in [3.63, 3.8) is 0 Å². The molecule has 3 aromatic heterocycles. The van der Waals surface area contributed by atoms with E-state index in [2.05, 4.69) is 15.0 Å². The van der Waals surface area contributed by atoms with Crippen molar-refractivity contribution >= 4 is 21.6 Å². The van der Waals surface area contributed by atoms with Gasteiger partial charge in [-0.3, -0.25) is 4.57 Å². The lowest BCUT2D eigenvalue weighted by molar-refractivity contribution is 0.915. The smallest absolute Gasteiger partial charge is 0.150 e. The molecule has 1 aliphatic rings. The van der Waals surface area contributed by atoms with Gasteiger partial charge in [0.25, 0.3) is 0 Å². The Morgan fingerprint density at radius 1 is 1.24 bits per heavy atom. The first-order valence-corrected chi connectivity index (χ1v) is 6.49. The predicted octanol–water partition coefficient (Wildman–Crippen LogP) is 2.37. The molecule has 0 saturated heterocycles. The Hall–Kier alpha value is -1.75. The van der Waals surface area contributed by atoms with Crippen LogP contribution in [0.1, 0.15) is 16.9 Å². The molecule has 0 unspecified atom stereocenters. The fraction of sp³-hybridized carbons (Fsp3) is 0.250. The monoisotopic (exact) mass is 242 g/mol. The van der Waals surface area contributed by atoms with E-state index in [1.165, 1.54) is 28.7 Å². The number of hydrogen-bond donors (Lipinski definition) is 0. The van der Waals surface area contributed by atoms with Gasteiger partial charge in [-0.2, -0.15) is 0 Å². The summed E-state index contributed by atoms with van der Waals surface area (Å²) in [5.74, 6) is 0.965. The molecule has 17 heavy (non-hydrogen) atoms. The molecule has 4 rings (SSSR count). The third kappa shape index (κ3) is 1.26. The molecule has 3 aromatic rings. The minimum absolute atomic E-state index is 0.965. The van der Waals surface area contributed by atoms with E-state index in [1.54, 1.807) is 18.9 Å². The summed E-state index contributed by atoms with van der Waals surface area (Å²) in [6.45, 7) is 0. The summed E-state index contributed by atoms with van der Waals surface area (Å²) in [6, 6.07) is 0. The molecule has 0 fully saturated rings. The van der Waals surface area contributed by atoms with Crippen LogP contribution in [0.3, 0.4) is 0 Å². The van der Waals surface area contributed by atoms with E-state index in [9.17, 15) is 0 Å². The van der Waals surface area contributed by atoms with Gasteiger partial charge in [0.1, 0.15) is 23.3 Å². The summed E-state index contributed by atoms with van der Waals surface area (Å²) < 4.78 is 1.97. The third-order valence-corrected chi connectivity index (χ3v) is 4.43. The Morgan fingerprint density at radius 3 is 3.12 bits per heavy atom. The molecule has 0 N–H and O–H groups in total. The molecule has 1 aliphatic carbocycles. The largest absolute Gasteiger partial charge is 0.290 e. The third-order valence-electron chi connectivity index (χ3n) is 3.23. The maximum absolute atomic E-state index is 4.42. The predicted molar refractivity (Wildman–Crippen MR) is 66.6 cm³/mol. The van der Waals surface area contributed by atoms with Gasteiger partial charge in [0.15, 0.2) is 0 Å². The van der Waals surface area contributed by atoms with E-state index in [0.717, 1.165) is 17.1 Å². The van der Waals surface area contributed by atoms with E-state index in [1.807, 2.05) is 22.1 Å². The average Bonchev–Trinajstić information content (AvgIpc) is 3.04. The van der Waals surface area contributed by atoms with Crippen LogP contribution in [0.5, 0.6) is 0 Å². The molecule has 84 valence electrons. The molecule has 0 spiro atoms. The summed E-state index contributed by atoms with van der Waals surface area (Å²) >= 11 is 1.81. The zero-order chi connectivity index (χ0) is 11.2.